The number of nitrogen functional groups attached to an aromatic ring is 1. The van der Waals surface area contributed by atoms with Crippen molar-refractivity contribution in [3.63, 3.8) is 0 Å². The molecule has 0 bridgehead atoms. The number of nitrogens with zero attached hydrogens (tertiary/aromatic N) is 2. The predicted octanol–water partition coefficient (Wildman–Crippen LogP) is 3.79. The van der Waals surface area contributed by atoms with Gasteiger partial charge in [-0.3, -0.25) is 4.98 Å². The number of hydrogen-bond donors (Lipinski definition) is 2. The summed E-state index contributed by atoms with van der Waals surface area (Å²) < 4.78 is 68.2. The number of aromatic nitrogens is 2. The van der Waals surface area contributed by atoms with Crippen LogP contribution in [0.4, 0.5) is 23.4 Å². The largest absolute Gasteiger partial charge is 0.416 e. The van der Waals surface area contributed by atoms with Gasteiger partial charge >= 0.3 is 6.18 Å². The van der Waals surface area contributed by atoms with E-state index in [0.29, 0.717) is 0 Å². The maximum atomic E-state index is 14.6. The Morgan fingerprint density at radius 3 is 2.32 bits per heavy atom. The van der Waals surface area contributed by atoms with E-state index in [-0.39, 0.29) is 33.1 Å². The summed E-state index contributed by atoms with van der Waals surface area (Å²) in [5, 5.41) is 0. The summed E-state index contributed by atoms with van der Waals surface area (Å²) in [5.74, 6) is -0.470. The van der Waals surface area contributed by atoms with Crippen LogP contribution in [-0.4, -0.2) is 21.2 Å². The van der Waals surface area contributed by atoms with Crippen molar-refractivity contribution in [3.05, 3.63) is 60.2 Å². The second kappa shape index (κ2) is 7.64. The lowest BCUT2D eigenvalue weighted by atomic mass is 10.0. The maximum Gasteiger partial charge on any atom is 0.416 e. The summed E-state index contributed by atoms with van der Waals surface area (Å²) in [7, 11) is -0.556. The molecule has 1 unspecified atom stereocenters. The molecule has 0 spiro atoms. The third-order valence-corrected chi connectivity index (χ3v) is 5.03. The predicted molar refractivity (Wildman–Crippen MR) is 97.7 cm³/mol. The quantitative estimate of drug-likeness (QED) is 0.642. The van der Waals surface area contributed by atoms with Crippen LogP contribution in [0.2, 0.25) is 0 Å². The fourth-order valence-corrected chi connectivity index (χ4v) is 3.41. The fraction of sp³-hybridized carbons (Fsp3) is 0.111. The van der Waals surface area contributed by atoms with Crippen molar-refractivity contribution < 1.29 is 21.8 Å². The van der Waals surface area contributed by atoms with E-state index >= 15 is 0 Å². The van der Waals surface area contributed by atoms with Crippen molar-refractivity contribution in [2.75, 3.05) is 12.8 Å². The maximum absolute atomic E-state index is 14.6. The molecule has 1 aromatic heterocycles. The third kappa shape index (κ3) is 4.02. The van der Waals surface area contributed by atoms with E-state index < -0.39 is 28.5 Å². The van der Waals surface area contributed by atoms with Gasteiger partial charge in [0, 0.05) is 5.56 Å². The molecule has 5 nitrogen and oxygen atoms in total. The minimum absolute atomic E-state index is 0.100. The molecular weight excluding hydrogens is 396 g/mol. The van der Waals surface area contributed by atoms with Gasteiger partial charge in [0.25, 0.3) is 0 Å². The highest BCUT2D eigenvalue weighted by molar-refractivity contribution is 7.83. The molecule has 10 heteroatoms. The summed E-state index contributed by atoms with van der Waals surface area (Å²) in [4.78, 5) is 7.75. The van der Waals surface area contributed by atoms with Gasteiger partial charge in [-0.2, -0.15) is 13.2 Å². The Bertz CT molecular complexity index is 1040. The molecule has 0 fully saturated rings. The molecule has 0 saturated carbocycles. The summed E-state index contributed by atoms with van der Waals surface area (Å²) in [6, 6.07) is 6.91. The van der Waals surface area contributed by atoms with Crippen molar-refractivity contribution in [1.29, 1.82) is 0 Å². The monoisotopic (exact) mass is 410 g/mol. The topological polar surface area (TPSA) is 80.9 Å². The van der Waals surface area contributed by atoms with Gasteiger partial charge in [0.1, 0.15) is 22.6 Å². The standard InChI is InChI=1S/C18H14F4N4OS/c1-24-28(27)16-7-11(18(20,21)22)3-5-12(16)10-2-4-13(14(19)6-10)15-8-26-17(23)9-25-15/h2-9,24H,1H3,(H2,23,26). The molecule has 28 heavy (non-hydrogen) atoms. The van der Waals surface area contributed by atoms with E-state index in [9.17, 15) is 21.8 Å². The van der Waals surface area contributed by atoms with Crippen LogP contribution < -0.4 is 10.5 Å². The summed E-state index contributed by atoms with van der Waals surface area (Å²) in [5.41, 5.74) is 5.42. The molecule has 0 radical (unpaired) electrons. The molecule has 146 valence electrons. The Hall–Kier alpha value is -2.85. The number of halogens is 4. The van der Waals surface area contributed by atoms with Gasteiger partial charge in [-0.1, -0.05) is 12.1 Å². The summed E-state index contributed by atoms with van der Waals surface area (Å²) >= 11 is 0. The van der Waals surface area contributed by atoms with Crippen LogP contribution in [0.15, 0.2) is 53.7 Å². The minimum Gasteiger partial charge on any atom is -0.382 e. The van der Waals surface area contributed by atoms with Gasteiger partial charge in [-0.05, 0) is 42.4 Å². The number of rotatable bonds is 4. The summed E-state index contributed by atoms with van der Waals surface area (Å²) in [6.07, 6.45) is -1.99. The SMILES string of the molecule is CNS(=O)c1cc(C(F)(F)F)ccc1-c1ccc(-c2cnc(N)cn2)c(F)c1. The number of hydrogen-bond acceptors (Lipinski definition) is 4. The lowest BCUT2D eigenvalue weighted by molar-refractivity contribution is -0.137. The van der Waals surface area contributed by atoms with E-state index in [0.717, 1.165) is 18.2 Å². The molecule has 0 aliphatic rings. The lowest BCUT2D eigenvalue weighted by Gasteiger charge is -2.14. The molecule has 2 aromatic carbocycles. The molecule has 3 aromatic rings. The van der Waals surface area contributed by atoms with E-state index in [1.165, 1.54) is 37.6 Å². The number of anilines is 1. The molecular formula is C18H14F4N4OS. The van der Waals surface area contributed by atoms with E-state index in [2.05, 4.69) is 14.7 Å². The van der Waals surface area contributed by atoms with Crippen molar-refractivity contribution >= 4 is 16.8 Å². The number of nitrogens with two attached hydrogens (primary N) is 1. The highest BCUT2D eigenvalue weighted by atomic mass is 32.2. The van der Waals surface area contributed by atoms with Crippen molar-refractivity contribution in [1.82, 2.24) is 14.7 Å². The smallest absolute Gasteiger partial charge is 0.382 e. The Morgan fingerprint density at radius 2 is 1.75 bits per heavy atom. The van der Waals surface area contributed by atoms with E-state index in [1.807, 2.05) is 0 Å². The Balaban J connectivity index is 2.09. The van der Waals surface area contributed by atoms with Gasteiger partial charge in [0.2, 0.25) is 0 Å². The normalized spacial score (nSPS) is 12.8. The molecule has 0 aliphatic carbocycles. The number of alkyl halides is 3. The fourth-order valence-electron chi connectivity index (χ4n) is 2.57. The van der Waals surface area contributed by atoms with Crippen LogP contribution >= 0.6 is 0 Å². The van der Waals surface area contributed by atoms with Crippen LogP contribution in [0.5, 0.6) is 0 Å². The van der Waals surface area contributed by atoms with Crippen molar-refractivity contribution in [2.24, 2.45) is 0 Å². The van der Waals surface area contributed by atoms with Crippen molar-refractivity contribution in [2.45, 2.75) is 11.1 Å². The molecule has 3 rings (SSSR count). The molecule has 0 saturated heterocycles. The van der Waals surface area contributed by atoms with Crippen LogP contribution in [-0.2, 0) is 17.2 Å². The van der Waals surface area contributed by atoms with Gasteiger partial charge in [-0.15, -0.1) is 0 Å². The number of benzene rings is 2. The average molecular weight is 410 g/mol. The zero-order valence-corrected chi connectivity index (χ0v) is 15.2. The van der Waals surface area contributed by atoms with E-state index in [1.54, 1.807) is 0 Å². The molecule has 1 atom stereocenters. The van der Waals surface area contributed by atoms with E-state index in [4.69, 9.17) is 5.73 Å². The van der Waals surface area contributed by atoms with Crippen LogP contribution in [0.1, 0.15) is 5.56 Å². The first-order valence-electron chi connectivity index (χ1n) is 7.89. The first-order chi connectivity index (χ1) is 13.2. The molecule has 1 heterocycles. The van der Waals surface area contributed by atoms with Crippen LogP contribution in [0, 0.1) is 5.82 Å². The zero-order chi connectivity index (χ0) is 20.5. The second-order valence-electron chi connectivity index (χ2n) is 5.70. The van der Waals surface area contributed by atoms with Gasteiger partial charge < -0.3 is 5.73 Å². The average Bonchev–Trinajstić information content (AvgIpc) is 2.67. The highest BCUT2D eigenvalue weighted by Crippen LogP contribution is 2.35. The molecule has 3 N–H and O–H groups in total. The van der Waals surface area contributed by atoms with Crippen LogP contribution in [0.25, 0.3) is 22.4 Å². The Labute approximate surface area is 160 Å². The Morgan fingerprint density at radius 1 is 1.04 bits per heavy atom. The van der Waals surface area contributed by atoms with Crippen molar-refractivity contribution in [3.8, 4) is 22.4 Å². The first-order valence-corrected chi connectivity index (χ1v) is 9.04. The summed E-state index contributed by atoms with van der Waals surface area (Å²) in [6.45, 7) is 0. The van der Waals surface area contributed by atoms with Gasteiger partial charge in [0.15, 0.2) is 0 Å². The Kier molecular flexibility index (Phi) is 5.43. The second-order valence-corrected chi connectivity index (χ2v) is 7.09. The molecule has 0 amide bonds. The first kappa shape index (κ1) is 19.9. The molecule has 0 aliphatic heterocycles. The van der Waals surface area contributed by atoms with Gasteiger partial charge in [0.05, 0.1) is 28.5 Å². The third-order valence-electron chi connectivity index (χ3n) is 3.92. The van der Waals surface area contributed by atoms with Crippen LogP contribution in [0.3, 0.4) is 0 Å². The highest BCUT2D eigenvalue weighted by Gasteiger charge is 2.31. The number of nitrogens with one attached hydrogen (secondary N) is 1. The zero-order valence-electron chi connectivity index (χ0n) is 14.4. The van der Waals surface area contributed by atoms with Gasteiger partial charge in [-0.25, -0.2) is 18.3 Å². The lowest BCUT2D eigenvalue weighted by Crippen LogP contribution is -2.14. The minimum atomic E-state index is -4.59.